The highest BCUT2D eigenvalue weighted by Crippen LogP contribution is 2.13. The number of methoxy groups -OCH3 is 1. The lowest BCUT2D eigenvalue weighted by Gasteiger charge is -2.17. The van der Waals surface area contributed by atoms with Crippen molar-refractivity contribution in [3.05, 3.63) is 0 Å². The second kappa shape index (κ2) is 7.73. The van der Waals surface area contributed by atoms with Crippen LogP contribution in [0, 0.1) is 0 Å². The molecule has 7 nitrogen and oxygen atoms in total. The molecule has 1 rings (SSSR count). The van der Waals surface area contributed by atoms with Crippen LogP contribution < -0.4 is 15.4 Å². The van der Waals surface area contributed by atoms with Crippen LogP contribution in [0.4, 0.5) is 11.9 Å². The summed E-state index contributed by atoms with van der Waals surface area (Å²) in [6, 6.07) is 0.466. The molecule has 0 saturated heterocycles. The van der Waals surface area contributed by atoms with Gasteiger partial charge in [0.1, 0.15) is 0 Å². The molecule has 19 heavy (non-hydrogen) atoms. The molecule has 7 heteroatoms. The third kappa shape index (κ3) is 5.25. The van der Waals surface area contributed by atoms with Crippen molar-refractivity contribution in [3.63, 3.8) is 0 Å². The first-order valence-electron chi connectivity index (χ1n) is 6.45. The maximum atomic E-state index is 5.50. The summed E-state index contributed by atoms with van der Waals surface area (Å²) in [6.07, 6.45) is 0.926. The quantitative estimate of drug-likeness (QED) is 0.740. The van der Waals surface area contributed by atoms with E-state index in [0.717, 1.165) is 6.42 Å². The summed E-state index contributed by atoms with van der Waals surface area (Å²) < 4.78 is 10.6. The van der Waals surface area contributed by atoms with Crippen LogP contribution in [0.15, 0.2) is 0 Å². The van der Waals surface area contributed by atoms with E-state index in [9.17, 15) is 0 Å². The summed E-state index contributed by atoms with van der Waals surface area (Å²) in [4.78, 5) is 12.6. The number of hydrogen-bond acceptors (Lipinski definition) is 7. The molecule has 0 saturated carbocycles. The fourth-order valence-corrected chi connectivity index (χ4v) is 1.44. The molecule has 1 aromatic heterocycles. The molecule has 1 aromatic rings. The monoisotopic (exact) mass is 269 g/mol. The van der Waals surface area contributed by atoms with E-state index in [1.165, 1.54) is 0 Å². The van der Waals surface area contributed by atoms with Crippen LogP contribution in [0.2, 0.25) is 0 Å². The van der Waals surface area contributed by atoms with Crippen molar-refractivity contribution in [1.82, 2.24) is 15.0 Å². The molecule has 1 heterocycles. The average molecular weight is 269 g/mol. The first-order valence-corrected chi connectivity index (χ1v) is 6.45. The van der Waals surface area contributed by atoms with Crippen LogP contribution in [-0.2, 0) is 4.74 Å². The fourth-order valence-electron chi connectivity index (χ4n) is 1.44. The minimum absolute atomic E-state index is 0.0147. The Bertz CT molecular complexity index is 386. The van der Waals surface area contributed by atoms with Gasteiger partial charge >= 0.3 is 6.01 Å². The van der Waals surface area contributed by atoms with Crippen molar-refractivity contribution in [1.29, 1.82) is 0 Å². The maximum Gasteiger partial charge on any atom is 0.323 e. The van der Waals surface area contributed by atoms with Gasteiger partial charge in [-0.3, -0.25) is 0 Å². The fraction of sp³-hybridized carbons (Fsp3) is 0.750. The van der Waals surface area contributed by atoms with E-state index in [1.807, 2.05) is 13.8 Å². The molecule has 2 N–H and O–H groups in total. The molecule has 0 aliphatic heterocycles. The van der Waals surface area contributed by atoms with Gasteiger partial charge in [-0.2, -0.15) is 15.0 Å². The Labute approximate surface area is 114 Å². The molecule has 108 valence electrons. The lowest BCUT2D eigenvalue weighted by Crippen LogP contribution is -2.25. The molecule has 0 aromatic carbocycles. The third-order valence-electron chi connectivity index (χ3n) is 2.37. The lowest BCUT2D eigenvalue weighted by atomic mass is 10.2. The average Bonchev–Trinajstić information content (AvgIpc) is 2.37. The highest BCUT2D eigenvalue weighted by molar-refractivity contribution is 5.36. The van der Waals surface area contributed by atoms with Gasteiger partial charge in [-0.25, -0.2) is 0 Å². The summed E-state index contributed by atoms with van der Waals surface area (Å²) in [7, 11) is 3.43. The molecule has 1 unspecified atom stereocenters. The number of anilines is 2. The molecule has 0 radical (unpaired) electrons. The second-order valence-electron chi connectivity index (χ2n) is 4.39. The molecule has 0 aliphatic rings. The Balaban J connectivity index is 2.86. The molecular weight excluding hydrogens is 246 g/mol. The van der Waals surface area contributed by atoms with Gasteiger partial charge in [-0.1, -0.05) is 6.92 Å². The Morgan fingerprint density at radius 1 is 1.16 bits per heavy atom. The lowest BCUT2D eigenvalue weighted by molar-refractivity contribution is 0.184. The van der Waals surface area contributed by atoms with Crippen molar-refractivity contribution in [2.75, 3.05) is 31.4 Å². The number of ether oxygens (including phenoxy) is 2. The van der Waals surface area contributed by atoms with Crippen molar-refractivity contribution in [3.8, 4) is 6.01 Å². The predicted octanol–water partition coefficient (Wildman–Crippen LogP) is 1.54. The van der Waals surface area contributed by atoms with Gasteiger partial charge in [-0.05, 0) is 20.3 Å². The van der Waals surface area contributed by atoms with E-state index < -0.39 is 0 Å². The van der Waals surface area contributed by atoms with Crippen LogP contribution in [0.3, 0.4) is 0 Å². The maximum absolute atomic E-state index is 5.50. The SMILES string of the molecule is CCC(COC)Nc1nc(NC)nc(OC(C)C)n1. The van der Waals surface area contributed by atoms with E-state index in [-0.39, 0.29) is 12.1 Å². The normalized spacial score (nSPS) is 12.3. The zero-order valence-electron chi connectivity index (χ0n) is 12.2. The van der Waals surface area contributed by atoms with Gasteiger partial charge in [0.25, 0.3) is 0 Å². The van der Waals surface area contributed by atoms with Gasteiger partial charge in [0.05, 0.1) is 18.8 Å². The Kier molecular flexibility index (Phi) is 6.27. The van der Waals surface area contributed by atoms with Gasteiger partial charge in [0, 0.05) is 14.2 Å². The highest BCUT2D eigenvalue weighted by Gasteiger charge is 2.12. The first kappa shape index (κ1) is 15.4. The van der Waals surface area contributed by atoms with E-state index in [1.54, 1.807) is 14.2 Å². The highest BCUT2D eigenvalue weighted by atomic mass is 16.5. The smallest absolute Gasteiger partial charge is 0.323 e. The molecule has 0 fully saturated rings. The first-order chi connectivity index (χ1) is 9.08. The molecule has 0 bridgehead atoms. The Morgan fingerprint density at radius 3 is 2.37 bits per heavy atom. The van der Waals surface area contributed by atoms with Gasteiger partial charge in [0.2, 0.25) is 11.9 Å². The Hall–Kier alpha value is -1.63. The summed E-state index contributed by atoms with van der Waals surface area (Å²) in [6.45, 7) is 6.52. The van der Waals surface area contributed by atoms with Crippen LogP contribution in [0.25, 0.3) is 0 Å². The minimum Gasteiger partial charge on any atom is -0.461 e. The number of hydrogen-bond donors (Lipinski definition) is 2. The summed E-state index contributed by atoms with van der Waals surface area (Å²) >= 11 is 0. The van der Waals surface area contributed by atoms with Crippen LogP contribution in [0.1, 0.15) is 27.2 Å². The van der Waals surface area contributed by atoms with Crippen molar-refractivity contribution in [2.45, 2.75) is 39.3 Å². The molecule has 0 amide bonds. The van der Waals surface area contributed by atoms with E-state index in [4.69, 9.17) is 9.47 Å². The van der Waals surface area contributed by atoms with Crippen LogP contribution in [0.5, 0.6) is 6.01 Å². The van der Waals surface area contributed by atoms with E-state index >= 15 is 0 Å². The van der Waals surface area contributed by atoms with E-state index in [2.05, 4.69) is 32.5 Å². The molecule has 1 atom stereocenters. The zero-order chi connectivity index (χ0) is 14.3. The largest absolute Gasteiger partial charge is 0.461 e. The molecular formula is C12H23N5O2. The van der Waals surface area contributed by atoms with Crippen molar-refractivity contribution >= 4 is 11.9 Å². The minimum atomic E-state index is 0.0147. The Morgan fingerprint density at radius 2 is 1.84 bits per heavy atom. The van der Waals surface area contributed by atoms with Crippen molar-refractivity contribution in [2.24, 2.45) is 0 Å². The predicted molar refractivity (Wildman–Crippen MR) is 74.7 cm³/mol. The van der Waals surface area contributed by atoms with Crippen molar-refractivity contribution < 1.29 is 9.47 Å². The number of nitrogens with zero attached hydrogens (tertiary/aromatic N) is 3. The standard InChI is InChI=1S/C12H23N5O2/c1-6-9(7-18-5)14-11-15-10(13-4)16-12(17-11)19-8(2)3/h8-9H,6-7H2,1-5H3,(H2,13,14,15,16,17). The zero-order valence-corrected chi connectivity index (χ0v) is 12.2. The molecule has 0 aliphatic carbocycles. The van der Waals surface area contributed by atoms with Crippen LogP contribution in [-0.4, -0.2) is 47.9 Å². The van der Waals surface area contributed by atoms with E-state index in [0.29, 0.717) is 24.5 Å². The molecule has 0 spiro atoms. The number of aromatic nitrogens is 3. The second-order valence-corrected chi connectivity index (χ2v) is 4.39. The van der Waals surface area contributed by atoms with Gasteiger partial charge in [0.15, 0.2) is 0 Å². The summed E-state index contributed by atoms with van der Waals surface area (Å²) in [5.41, 5.74) is 0. The van der Waals surface area contributed by atoms with Crippen LogP contribution >= 0.6 is 0 Å². The summed E-state index contributed by atoms with van der Waals surface area (Å²) in [5, 5.41) is 6.10. The number of nitrogens with one attached hydrogen (secondary N) is 2. The topological polar surface area (TPSA) is 81.2 Å². The number of rotatable bonds is 8. The van der Waals surface area contributed by atoms with Gasteiger partial charge < -0.3 is 20.1 Å². The third-order valence-corrected chi connectivity index (χ3v) is 2.37. The summed E-state index contributed by atoms with van der Waals surface area (Å²) in [5.74, 6) is 0.958. The van der Waals surface area contributed by atoms with Gasteiger partial charge in [-0.15, -0.1) is 0 Å².